The molecule has 116 valence electrons. The van der Waals surface area contributed by atoms with Crippen molar-refractivity contribution in [3.05, 3.63) is 23.8 Å². The second kappa shape index (κ2) is 6.48. The Kier molecular flexibility index (Phi) is 4.89. The number of nitrogens with zero attached hydrogens (tertiary/aromatic N) is 2. The van der Waals surface area contributed by atoms with E-state index in [0.717, 1.165) is 25.2 Å². The summed E-state index contributed by atoms with van der Waals surface area (Å²) in [6.07, 6.45) is 0. The van der Waals surface area contributed by atoms with E-state index in [9.17, 15) is 17.8 Å². The Morgan fingerprint density at radius 2 is 1.76 bits per heavy atom. The van der Waals surface area contributed by atoms with Crippen molar-refractivity contribution in [2.75, 3.05) is 44.7 Å². The van der Waals surface area contributed by atoms with E-state index in [1.807, 2.05) is 7.05 Å². The summed E-state index contributed by atoms with van der Waals surface area (Å²) in [6.45, 7) is 2.50. The lowest BCUT2D eigenvalue weighted by molar-refractivity contribution is -0.129. The Morgan fingerprint density at radius 3 is 2.29 bits per heavy atom. The first-order valence-corrected chi connectivity index (χ1v) is 7.79. The second-order valence-corrected chi connectivity index (χ2v) is 6.38. The van der Waals surface area contributed by atoms with Crippen molar-refractivity contribution in [3.63, 3.8) is 0 Å². The summed E-state index contributed by atoms with van der Waals surface area (Å²) < 4.78 is 39.4. The van der Waals surface area contributed by atoms with Crippen LogP contribution in [-0.4, -0.2) is 58.9 Å². The van der Waals surface area contributed by atoms with Gasteiger partial charge >= 0.3 is 0 Å². The average molecular weight is 317 g/mol. The van der Waals surface area contributed by atoms with Crippen LogP contribution in [-0.2, 0) is 15.6 Å². The number of nitrogen functional groups attached to an aromatic ring is 1. The van der Waals surface area contributed by atoms with Crippen molar-refractivity contribution in [2.45, 2.75) is 4.90 Å². The minimum absolute atomic E-state index is 0.0869. The summed E-state index contributed by atoms with van der Waals surface area (Å²) in [6, 6.07) is 1.80. The largest absolute Gasteiger partial charge is 0.399 e. The van der Waals surface area contributed by atoms with Crippen LogP contribution in [0.4, 0.5) is 14.5 Å². The molecule has 1 aromatic rings. The van der Waals surface area contributed by atoms with E-state index in [-0.39, 0.29) is 11.6 Å². The third-order valence-corrected chi connectivity index (χ3v) is 4.71. The number of likely N-dealkylation sites (N-methyl/N-ethyl adjacent to an activating group) is 1. The lowest BCUT2D eigenvalue weighted by Gasteiger charge is -2.32. The molecular weight excluding hydrogens is 300 g/mol. The number of amides is 1. The molecule has 0 radical (unpaired) electrons. The highest BCUT2D eigenvalue weighted by molar-refractivity contribution is 7.85. The fourth-order valence-electron chi connectivity index (χ4n) is 2.13. The minimum atomic E-state index is -2.07. The van der Waals surface area contributed by atoms with Gasteiger partial charge in [0.25, 0.3) is 0 Å². The summed E-state index contributed by atoms with van der Waals surface area (Å²) in [5, 5.41) is 0. The Labute approximate surface area is 124 Å². The maximum absolute atomic E-state index is 13.7. The summed E-state index contributed by atoms with van der Waals surface area (Å²) in [4.78, 5) is 15.1. The van der Waals surface area contributed by atoms with Crippen LogP contribution >= 0.6 is 0 Å². The number of anilines is 1. The van der Waals surface area contributed by atoms with E-state index in [0.29, 0.717) is 13.1 Å². The van der Waals surface area contributed by atoms with Gasteiger partial charge in [-0.2, -0.15) is 0 Å². The smallest absolute Gasteiger partial charge is 0.235 e. The van der Waals surface area contributed by atoms with Crippen LogP contribution < -0.4 is 5.73 Å². The highest BCUT2D eigenvalue weighted by Gasteiger charge is 2.24. The number of hydrogen-bond acceptors (Lipinski definition) is 4. The Hall–Kier alpha value is -1.54. The van der Waals surface area contributed by atoms with Crippen molar-refractivity contribution in [1.82, 2.24) is 9.80 Å². The molecule has 8 heteroatoms. The molecule has 1 aromatic carbocycles. The van der Waals surface area contributed by atoms with E-state index in [1.54, 1.807) is 4.90 Å². The van der Waals surface area contributed by atoms with E-state index in [4.69, 9.17) is 5.73 Å². The van der Waals surface area contributed by atoms with Gasteiger partial charge in [0.05, 0.1) is 10.8 Å². The van der Waals surface area contributed by atoms with Gasteiger partial charge in [-0.3, -0.25) is 9.00 Å². The number of piperazine rings is 1. The lowest BCUT2D eigenvalue weighted by Crippen LogP contribution is -2.48. The quantitative estimate of drug-likeness (QED) is 0.821. The van der Waals surface area contributed by atoms with Crippen molar-refractivity contribution < 1.29 is 17.8 Å². The normalized spacial score (nSPS) is 17.8. The number of halogens is 2. The van der Waals surface area contributed by atoms with Gasteiger partial charge in [-0.25, -0.2) is 8.78 Å². The van der Waals surface area contributed by atoms with Gasteiger partial charge in [0.15, 0.2) is 0 Å². The zero-order chi connectivity index (χ0) is 15.6. The molecule has 21 heavy (non-hydrogen) atoms. The average Bonchev–Trinajstić information content (AvgIpc) is 2.37. The molecule has 0 aromatic heterocycles. The highest BCUT2D eigenvalue weighted by Crippen LogP contribution is 2.20. The van der Waals surface area contributed by atoms with Crippen molar-refractivity contribution in [1.29, 1.82) is 0 Å². The van der Waals surface area contributed by atoms with Gasteiger partial charge in [0.1, 0.15) is 22.3 Å². The van der Waals surface area contributed by atoms with Gasteiger partial charge in [0.2, 0.25) is 5.91 Å². The maximum atomic E-state index is 13.7. The van der Waals surface area contributed by atoms with Crippen LogP contribution in [0.3, 0.4) is 0 Å². The Morgan fingerprint density at radius 1 is 1.24 bits per heavy atom. The second-order valence-electron chi connectivity index (χ2n) is 4.99. The number of carbonyl (C=O) groups is 1. The molecule has 1 heterocycles. The van der Waals surface area contributed by atoms with Crippen molar-refractivity contribution >= 4 is 22.4 Å². The van der Waals surface area contributed by atoms with Crippen LogP contribution in [0.5, 0.6) is 0 Å². The van der Waals surface area contributed by atoms with E-state index < -0.39 is 33.1 Å². The summed E-state index contributed by atoms with van der Waals surface area (Å²) >= 11 is 0. The molecule has 1 atom stereocenters. The standard InChI is InChI=1S/C13H17F2N3O2S/c1-17-2-4-18(5-3-17)12(19)8-21(20)13-10(14)6-9(16)7-11(13)15/h6-7H,2-5,8,16H2,1H3. The Balaban J connectivity index is 2.06. The first-order valence-electron chi connectivity index (χ1n) is 6.47. The van der Waals surface area contributed by atoms with Gasteiger partial charge in [-0.05, 0) is 19.2 Å². The zero-order valence-corrected chi connectivity index (χ0v) is 12.5. The molecule has 2 N–H and O–H groups in total. The number of hydrogen-bond donors (Lipinski definition) is 1. The number of nitrogens with two attached hydrogens (primary N) is 1. The predicted molar refractivity (Wildman–Crippen MR) is 76.1 cm³/mol. The van der Waals surface area contributed by atoms with Gasteiger partial charge in [-0.15, -0.1) is 0 Å². The molecule has 1 amide bonds. The molecule has 0 bridgehead atoms. The van der Waals surface area contributed by atoms with Gasteiger partial charge in [-0.1, -0.05) is 0 Å². The molecule has 1 aliphatic rings. The predicted octanol–water partition coefficient (Wildman–Crippen LogP) is 0.429. The molecule has 2 rings (SSSR count). The fraction of sp³-hybridized carbons (Fsp3) is 0.462. The molecular formula is C13H17F2N3O2S. The molecule has 0 saturated carbocycles. The molecule has 1 saturated heterocycles. The third kappa shape index (κ3) is 3.76. The molecule has 1 fully saturated rings. The lowest BCUT2D eigenvalue weighted by atomic mass is 10.3. The molecule has 0 aliphatic carbocycles. The van der Waals surface area contributed by atoms with Crippen molar-refractivity contribution in [2.24, 2.45) is 0 Å². The Bertz CT molecular complexity index is 552. The fourth-order valence-corrected chi connectivity index (χ4v) is 3.23. The summed E-state index contributed by atoms with van der Waals surface area (Å²) in [5.74, 6) is -2.77. The van der Waals surface area contributed by atoms with Crippen LogP contribution in [0.25, 0.3) is 0 Å². The zero-order valence-electron chi connectivity index (χ0n) is 11.6. The number of carbonyl (C=O) groups excluding carboxylic acids is 1. The SMILES string of the molecule is CN1CCN(C(=O)CS(=O)c2c(F)cc(N)cc2F)CC1. The van der Waals surface area contributed by atoms with Crippen LogP contribution in [0.1, 0.15) is 0 Å². The van der Waals surface area contributed by atoms with E-state index >= 15 is 0 Å². The minimum Gasteiger partial charge on any atom is -0.399 e. The maximum Gasteiger partial charge on any atom is 0.235 e. The highest BCUT2D eigenvalue weighted by atomic mass is 32.2. The number of benzene rings is 1. The topological polar surface area (TPSA) is 66.6 Å². The van der Waals surface area contributed by atoms with Crippen LogP contribution in [0, 0.1) is 11.6 Å². The third-order valence-electron chi connectivity index (χ3n) is 3.36. The first-order chi connectivity index (χ1) is 9.88. The molecule has 0 spiro atoms. The monoisotopic (exact) mass is 317 g/mol. The summed E-state index contributed by atoms with van der Waals surface area (Å²) in [7, 11) is -0.122. The number of rotatable bonds is 3. The van der Waals surface area contributed by atoms with Crippen LogP contribution in [0.15, 0.2) is 17.0 Å². The van der Waals surface area contributed by atoms with E-state index in [2.05, 4.69) is 4.90 Å². The molecule has 1 unspecified atom stereocenters. The van der Waals surface area contributed by atoms with E-state index in [1.165, 1.54) is 0 Å². The van der Waals surface area contributed by atoms with Crippen LogP contribution in [0.2, 0.25) is 0 Å². The first kappa shape index (κ1) is 15.8. The van der Waals surface area contributed by atoms with Crippen molar-refractivity contribution in [3.8, 4) is 0 Å². The summed E-state index contributed by atoms with van der Waals surface area (Å²) in [5.41, 5.74) is 5.21. The molecule has 5 nitrogen and oxygen atoms in total. The van der Waals surface area contributed by atoms with Gasteiger partial charge < -0.3 is 15.5 Å². The molecule has 1 aliphatic heterocycles. The van der Waals surface area contributed by atoms with Gasteiger partial charge in [0, 0.05) is 31.9 Å².